The Morgan fingerprint density at radius 3 is 2.35 bits per heavy atom. The van der Waals surface area contributed by atoms with Crippen LogP contribution in [0.2, 0.25) is 5.02 Å². The van der Waals surface area contributed by atoms with E-state index in [1.807, 2.05) is 0 Å². The third-order valence-electron chi connectivity index (χ3n) is 2.56. The van der Waals surface area contributed by atoms with E-state index >= 15 is 0 Å². The highest BCUT2D eigenvalue weighted by Crippen LogP contribution is 2.36. The molecule has 0 fully saturated rings. The third kappa shape index (κ3) is 3.37. The first-order valence-electron chi connectivity index (χ1n) is 5.46. The summed E-state index contributed by atoms with van der Waals surface area (Å²) in [7, 11) is 0. The second-order valence-electron chi connectivity index (χ2n) is 4.06. The Morgan fingerprint density at radius 1 is 1.05 bits per heavy atom. The minimum Gasteiger partial charge on any atom is -0.399 e. The molecule has 3 N–H and O–H groups in total. The van der Waals surface area contributed by atoms with Crippen LogP contribution >= 0.6 is 27.5 Å². The van der Waals surface area contributed by atoms with Gasteiger partial charge in [0, 0.05) is 10.2 Å². The molecule has 7 heteroatoms. The molecule has 2 rings (SSSR count). The number of anilines is 3. The molecule has 20 heavy (non-hydrogen) atoms. The van der Waals surface area contributed by atoms with Gasteiger partial charge in [0.1, 0.15) is 0 Å². The molecule has 2 aromatic carbocycles. The number of hydrogen-bond donors (Lipinski definition) is 2. The van der Waals surface area contributed by atoms with E-state index in [-0.39, 0.29) is 10.7 Å². The molecule has 2 aromatic rings. The fourth-order valence-electron chi connectivity index (χ4n) is 1.58. The lowest BCUT2D eigenvalue weighted by Crippen LogP contribution is -2.05. The highest BCUT2D eigenvalue weighted by atomic mass is 79.9. The molecule has 2 nitrogen and oxygen atoms in total. The number of nitrogens with one attached hydrogen (secondary N) is 1. The maximum Gasteiger partial charge on any atom is 0.416 e. The molecular weight excluding hydrogens is 357 g/mol. The lowest BCUT2D eigenvalue weighted by molar-refractivity contribution is -0.137. The first kappa shape index (κ1) is 15.0. The molecule has 0 amide bonds. The van der Waals surface area contributed by atoms with Gasteiger partial charge in [0.15, 0.2) is 0 Å². The summed E-state index contributed by atoms with van der Waals surface area (Å²) in [4.78, 5) is 0. The minimum atomic E-state index is -4.42. The molecule has 0 saturated heterocycles. The SMILES string of the molecule is Nc1ccc(Nc2cc(C(F)(F)F)ccc2Cl)c(Br)c1. The van der Waals surface area contributed by atoms with E-state index in [4.69, 9.17) is 17.3 Å². The molecule has 0 unspecified atom stereocenters. The van der Waals surface area contributed by atoms with Gasteiger partial charge in [-0.05, 0) is 52.3 Å². The zero-order chi connectivity index (χ0) is 14.9. The number of halogens is 5. The van der Waals surface area contributed by atoms with Crippen molar-refractivity contribution in [2.75, 3.05) is 11.1 Å². The Bertz CT molecular complexity index is 644. The molecule has 0 radical (unpaired) electrons. The normalized spacial score (nSPS) is 11.4. The van der Waals surface area contributed by atoms with Crippen LogP contribution in [0.4, 0.5) is 30.2 Å². The van der Waals surface area contributed by atoms with E-state index in [1.165, 1.54) is 6.07 Å². The lowest BCUT2D eigenvalue weighted by atomic mass is 10.2. The monoisotopic (exact) mass is 364 g/mol. The number of rotatable bonds is 2. The minimum absolute atomic E-state index is 0.173. The molecular formula is C13H9BrClF3N2. The van der Waals surface area contributed by atoms with Gasteiger partial charge in [0.25, 0.3) is 0 Å². The molecule has 106 valence electrons. The summed E-state index contributed by atoms with van der Waals surface area (Å²) >= 11 is 9.19. The second kappa shape index (κ2) is 5.54. The van der Waals surface area contributed by atoms with Crippen molar-refractivity contribution in [3.63, 3.8) is 0 Å². The van der Waals surface area contributed by atoms with Gasteiger partial charge in [-0.1, -0.05) is 11.6 Å². The molecule has 0 atom stereocenters. The maximum atomic E-state index is 12.7. The number of nitrogen functional groups attached to an aromatic ring is 1. The Balaban J connectivity index is 2.38. The van der Waals surface area contributed by atoms with Gasteiger partial charge < -0.3 is 11.1 Å². The first-order chi connectivity index (χ1) is 9.27. The molecule has 0 spiro atoms. The van der Waals surface area contributed by atoms with Gasteiger partial charge in [0.05, 0.1) is 22.0 Å². The summed E-state index contributed by atoms with van der Waals surface area (Å²) < 4.78 is 38.7. The van der Waals surface area contributed by atoms with E-state index in [2.05, 4.69) is 21.2 Å². The predicted molar refractivity (Wildman–Crippen MR) is 78.3 cm³/mol. The van der Waals surface area contributed by atoms with Crippen molar-refractivity contribution in [1.29, 1.82) is 0 Å². The van der Waals surface area contributed by atoms with Crippen LogP contribution in [-0.4, -0.2) is 0 Å². The lowest BCUT2D eigenvalue weighted by Gasteiger charge is -2.13. The summed E-state index contributed by atoms with van der Waals surface area (Å²) in [6, 6.07) is 8.03. The number of alkyl halides is 3. The fraction of sp³-hybridized carbons (Fsp3) is 0.0769. The van der Waals surface area contributed by atoms with Crippen LogP contribution in [-0.2, 0) is 6.18 Å². The molecule has 0 aliphatic rings. The summed E-state index contributed by atoms with van der Waals surface area (Å²) in [6.07, 6.45) is -4.42. The molecule has 0 heterocycles. The summed E-state index contributed by atoms with van der Waals surface area (Å²) in [6.45, 7) is 0. The largest absolute Gasteiger partial charge is 0.416 e. The van der Waals surface area contributed by atoms with E-state index in [1.54, 1.807) is 18.2 Å². The van der Waals surface area contributed by atoms with Crippen molar-refractivity contribution >= 4 is 44.6 Å². The van der Waals surface area contributed by atoms with Crippen molar-refractivity contribution in [2.45, 2.75) is 6.18 Å². The van der Waals surface area contributed by atoms with Crippen LogP contribution in [0.25, 0.3) is 0 Å². The Morgan fingerprint density at radius 2 is 1.75 bits per heavy atom. The van der Waals surface area contributed by atoms with Crippen molar-refractivity contribution in [2.24, 2.45) is 0 Å². The Labute approximate surface area is 126 Å². The highest BCUT2D eigenvalue weighted by Gasteiger charge is 2.31. The Hall–Kier alpha value is -1.40. The molecule has 0 bridgehead atoms. The summed E-state index contributed by atoms with van der Waals surface area (Å²) in [5.41, 5.74) is 6.11. The van der Waals surface area contributed by atoms with Gasteiger partial charge in [-0.3, -0.25) is 0 Å². The van der Waals surface area contributed by atoms with Crippen LogP contribution in [0, 0.1) is 0 Å². The number of hydrogen-bond acceptors (Lipinski definition) is 2. The van der Waals surface area contributed by atoms with Gasteiger partial charge >= 0.3 is 6.18 Å². The fourth-order valence-corrected chi connectivity index (χ4v) is 2.24. The molecule has 0 aromatic heterocycles. The van der Waals surface area contributed by atoms with Crippen LogP contribution in [0.5, 0.6) is 0 Å². The van der Waals surface area contributed by atoms with Gasteiger partial charge in [-0.15, -0.1) is 0 Å². The van der Waals surface area contributed by atoms with Gasteiger partial charge in [-0.2, -0.15) is 13.2 Å². The average Bonchev–Trinajstić information content (AvgIpc) is 2.33. The topological polar surface area (TPSA) is 38.0 Å². The maximum absolute atomic E-state index is 12.7. The standard InChI is InChI=1S/C13H9BrClF3N2/c14-9-6-8(19)2-4-11(9)20-12-5-7(13(16,17)18)1-3-10(12)15/h1-6,20H,19H2. The van der Waals surface area contributed by atoms with E-state index in [0.29, 0.717) is 15.8 Å². The van der Waals surface area contributed by atoms with E-state index in [9.17, 15) is 13.2 Å². The van der Waals surface area contributed by atoms with Crippen LogP contribution in [0.1, 0.15) is 5.56 Å². The zero-order valence-electron chi connectivity index (χ0n) is 9.93. The Kier molecular flexibility index (Phi) is 4.15. The zero-order valence-corrected chi connectivity index (χ0v) is 12.3. The third-order valence-corrected chi connectivity index (χ3v) is 3.54. The number of benzene rings is 2. The van der Waals surface area contributed by atoms with Crippen molar-refractivity contribution in [1.82, 2.24) is 0 Å². The van der Waals surface area contributed by atoms with E-state index < -0.39 is 11.7 Å². The first-order valence-corrected chi connectivity index (χ1v) is 6.63. The predicted octanol–water partition coefficient (Wildman–Crippen LogP) is 5.45. The van der Waals surface area contributed by atoms with Gasteiger partial charge in [-0.25, -0.2) is 0 Å². The second-order valence-corrected chi connectivity index (χ2v) is 5.32. The molecule has 0 aliphatic heterocycles. The highest BCUT2D eigenvalue weighted by molar-refractivity contribution is 9.10. The van der Waals surface area contributed by atoms with E-state index in [0.717, 1.165) is 12.1 Å². The summed E-state index contributed by atoms with van der Waals surface area (Å²) in [5, 5.41) is 3.04. The van der Waals surface area contributed by atoms with Crippen molar-refractivity contribution in [3.05, 3.63) is 51.5 Å². The van der Waals surface area contributed by atoms with Crippen LogP contribution in [0.15, 0.2) is 40.9 Å². The smallest absolute Gasteiger partial charge is 0.399 e. The average molecular weight is 366 g/mol. The van der Waals surface area contributed by atoms with Gasteiger partial charge in [0.2, 0.25) is 0 Å². The van der Waals surface area contributed by atoms with Crippen LogP contribution < -0.4 is 11.1 Å². The molecule has 0 aliphatic carbocycles. The van der Waals surface area contributed by atoms with Crippen molar-refractivity contribution < 1.29 is 13.2 Å². The van der Waals surface area contributed by atoms with Crippen LogP contribution in [0.3, 0.4) is 0 Å². The summed E-state index contributed by atoms with van der Waals surface area (Å²) in [5.74, 6) is 0. The quantitative estimate of drug-likeness (QED) is 0.695. The molecule has 0 saturated carbocycles. The van der Waals surface area contributed by atoms with Crippen molar-refractivity contribution in [3.8, 4) is 0 Å². The number of nitrogens with two attached hydrogens (primary N) is 1.